The van der Waals surface area contributed by atoms with Gasteiger partial charge >= 0.3 is 0 Å². The van der Waals surface area contributed by atoms with Crippen LogP contribution in [0, 0.1) is 0 Å². The van der Waals surface area contributed by atoms with Crippen LogP contribution < -0.4 is 10.6 Å². The van der Waals surface area contributed by atoms with Crippen molar-refractivity contribution in [2.75, 3.05) is 31.6 Å². The number of aromatic nitrogens is 4. The summed E-state index contributed by atoms with van der Waals surface area (Å²) in [5, 5.41) is 14.9. The average Bonchev–Trinajstić information content (AvgIpc) is 3.13. The van der Waals surface area contributed by atoms with E-state index in [1.807, 2.05) is 36.2 Å². The minimum absolute atomic E-state index is 0. The van der Waals surface area contributed by atoms with Crippen molar-refractivity contribution in [1.82, 2.24) is 30.4 Å². The minimum atomic E-state index is 0. The van der Waals surface area contributed by atoms with Crippen LogP contribution in [-0.4, -0.2) is 57.4 Å². The van der Waals surface area contributed by atoms with E-state index in [1.54, 1.807) is 6.33 Å². The monoisotopic (exact) mass is 503 g/mol. The van der Waals surface area contributed by atoms with Crippen molar-refractivity contribution in [3.8, 4) is 0 Å². The molecule has 150 valence electrons. The Morgan fingerprint density at radius 1 is 1.26 bits per heavy atom. The van der Waals surface area contributed by atoms with Gasteiger partial charge in [-0.05, 0) is 30.6 Å². The quantitative estimate of drug-likeness (QED) is 0.212. The van der Waals surface area contributed by atoms with Gasteiger partial charge in [-0.2, -0.15) is 11.8 Å². The summed E-state index contributed by atoms with van der Waals surface area (Å²) < 4.78 is 2.08. The Hall–Kier alpha value is -1.36. The molecule has 0 unspecified atom stereocenters. The zero-order valence-electron chi connectivity index (χ0n) is 16.1. The molecule has 0 saturated carbocycles. The Balaban J connectivity index is 0.00000364. The van der Waals surface area contributed by atoms with E-state index in [-0.39, 0.29) is 24.0 Å². The summed E-state index contributed by atoms with van der Waals surface area (Å²) in [6.45, 7) is 5.32. The van der Waals surface area contributed by atoms with Crippen LogP contribution in [0.5, 0.6) is 0 Å². The van der Waals surface area contributed by atoms with E-state index in [1.165, 1.54) is 0 Å². The lowest BCUT2D eigenvalue weighted by Crippen LogP contribution is -2.40. The van der Waals surface area contributed by atoms with E-state index in [0.717, 1.165) is 68.7 Å². The molecule has 2 rings (SSSR count). The maximum Gasteiger partial charge on any atom is 0.191 e. The summed E-state index contributed by atoms with van der Waals surface area (Å²) in [5.41, 5.74) is 1.08. The van der Waals surface area contributed by atoms with Crippen LogP contribution in [0.25, 0.3) is 0 Å². The highest BCUT2D eigenvalue weighted by Gasteiger charge is 2.03. The normalized spacial score (nSPS) is 11.1. The fourth-order valence-electron chi connectivity index (χ4n) is 2.46. The third-order valence-corrected chi connectivity index (χ3v) is 4.53. The van der Waals surface area contributed by atoms with Gasteiger partial charge in [-0.25, -0.2) is 0 Å². The van der Waals surface area contributed by atoms with Gasteiger partial charge in [0.2, 0.25) is 0 Å². The van der Waals surface area contributed by atoms with Crippen LogP contribution in [0.2, 0.25) is 0 Å². The molecule has 27 heavy (non-hydrogen) atoms. The van der Waals surface area contributed by atoms with Crippen molar-refractivity contribution in [3.63, 3.8) is 0 Å². The second kappa shape index (κ2) is 14.7. The predicted octanol–water partition coefficient (Wildman–Crippen LogP) is 2.38. The minimum Gasteiger partial charge on any atom is -0.356 e. The Morgan fingerprint density at radius 2 is 2.11 bits per heavy atom. The molecular weight excluding hydrogens is 473 g/mol. The molecule has 2 aromatic rings. The van der Waals surface area contributed by atoms with E-state index in [9.17, 15) is 0 Å². The Kier molecular flexibility index (Phi) is 12.9. The van der Waals surface area contributed by atoms with Crippen LogP contribution >= 0.6 is 35.7 Å². The summed E-state index contributed by atoms with van der Waals surface area (Å²) in [7, 11) is 0. The number of aliphatic imine (C=N–C) groups is 1. The highest BCUT2D eigenvalue weighted by molar-refractivity contribution is 14.0. The molecule has 7 nitrogen and oxygen atoms in total. The standard InChI is InChI=1S/C18H29N7S.HI/c1-3-17-24-23-15-25(17)13-12-22-18(20-10-6-14-26-2)21-11-8-16-7-4-5-9-19-16;/h4-5,7,9,15H,3,6,8,10-14H2,1-2H3,(H2,20,21,22);1H. The number of halogens is 1. The zero-order valence-corrected chi connectivity index (χ0v) is 19.2. The molecule has 0 amide bonds. The molecule has 2 aromatic heterocycles. The van der Waals surface area contributed by atoms with E-state index in [4.69, 9.17) is 0 Å². The van der Waals surface area contributed by atoms with Gasteiger partial charge in [-0.3, -0.25) is 9.98 Å². The number of thioether (sulfide) groups is 1. The molecular formula is C18H30IN7S. The maximum atomic E-state index is 4.67. The van der Waals surface area contributed by atoms with Gasteiger partial charge in [-0.1, -0.05) is 13.0 Å². The van der Waals surface area contributed by atoms with E-state index in [2.05, 4.69) is 48.6 Å². The second-order valence-corrected chi connectivity index (χ2v) is 6.78. The van der Waals surface area contributed by atoms with Gasteiger partial charge in [0.25, 0.3) is 0 Å². The number of pyridine rings is 1. The highest BCUT2D eigenvalue weighted by atomic mass is 127. The predicted molar refractivity (Wildman–Crippen MR) is 124 cm³/mol. The van der Waals surface area contributed by atoms with Crippen molar-refractivity contribution in [2.45, 2.75) is 32.7 Å². The molecule has 0 atom stereocenters. The lowest BCUT2D eigenvalue weighted by atomic mass is 10.3. The third kappa shape index (κ3) is 9.41. The first-order valence-electron chi connectivity index (χ1n) is 9.11. The fraction of sp³-hybridized carbons (Fsp3) is 0.556. The van der Waals surface area contributed by atoms with Gasteiger partial charge in [0.15, 0.2) is 5.96 Å². The first-order valence-corrected chi connectivity index (χ1v) is 10.5. The Bertz CT molecular complexity index is 648. The Morgan fingerprint density at radius 3 is 2.85 bits per heavy atom. The van der Waals surface area contributed by atoms with Crippen molar-refractivity contribution in [1.29, 1.82) is 0 Å². The number of nitrogens with one attached hydrogen (secondary N) is 2. The zero-order chi connectivity index (χ0) is 18.5. The largest absolute Gasteiger partial charge is 0.356 e. The Labute approximate surface area is 183 Å². The summed E-state index contributed by atoms with van der Waals surface area (Å²) in [4.78, 5) is 9.03. The molecule has 0 radical (unpaired) electrons. The van der Waals surface area contributed by atoms with Crippen LogP contribution in [-0.2, 0) is 19.4 Å². The first kappa shape index (κ1) is 23.7. The van der Waals surface area contributed by atoms with E-state index < -0.39 is 0 Å². The van der Waals surface area contributed by atoms with Gasteiger partial charge in [0, 0.05) is 50.9 Å². The average molecular weight is 503 g/mol. The van der Waals surface area contributed by atoms with Crippen molar-refractivity contribution < 1.29 is 0 Å². The number of hydrogen-bond acceptors (Lipinski definition) is 5. The van der Waals surface area contributed by atoms with Gasteiger partial charge in [0.1, 0.15) is 12.2 Å². The molecule has 0 fully saturated rings. The van der Waals surface area contributed by atoms with Crippen LogP contribution in [0.15, 0.2) is 35.7 Å². The number of guanidine groups is 1. The van der Waals surface area contributed by atoms with Gasteiger partial charge < -0.3 is 15.2 Å². The SMILES string of the molecule is CCc1nncn1CCNC(=NCCCSC)NCCc1ccccn1.I. The molecule has 2 N–H and O–H groups in total. The van der Waals surface area contributed by atoms with Crippen LogP contribution in [0.4, 0.5) is 0 Å². The van der Waals surface area contributed by atoms with Crippen LogP contribution in [0.1, 0.15) is 24.9 Å². The second-order valence-electron chi connectivity index (χ2n) is 5.80. The molecule has 0 spiro atoms. The first-order chi connectivity index (χ1) is 12.8. The van der Waals surface area contributed by atoms with E-state index >= 15 is 0 Å². The molecule has 2 heterocycles. The lowest BCUT2D eigenvalue weighted by molar-refractivity contribution is 0.631. The van der Waals surface area contributed by atoms with Crippen molar-refractivity contribution >= 4 is 41.7 Å². The molecule has 0 bridgehead atoms. The molecule has 0 aliphatic rings. The third-order valence-electron chi connectivity index (χ3n) is 3.83. The number of nitrogens with zero attached hydrogens (tertiary/aromatic N) is 5. The van der Waals surface area contributed by atoms with E-state index in [0.29, 0.717) is 0 Å². The summed E-state index contributed by atoms with van der Waals surface area (Å²) in [6.07, 6.45) is 8.58. The lowest BCUT2D eigenvalue weighted by Gasteiger charge is -2.13. The number of hydrogen-bond donors (Lipinski definition) is 2. The number of aryl methyl sites for hydroxylation is 1. The number of rotatable bonds is 11. The summed E-state index contributed by atoms with van der Waals surface area (Å²) in [6, 6.07) is 6.00. The molecule has 0 aromatic carbocycles. The molecule has 0 aliphatic heterocycles. The van der Waals surface area contributed by atoms with Crippen molar-refractivity contribution in [3.05, 3.63) is 42.2 Å². The smallest absolute Gasteiger partial charge is 0.191 e. The summed E-state index contributed by atoms with van der Waals surface area (Å²) in [5.74, 6) is 2.99. The molecule has 0 saturated heterocycles. The fourth-order valence-corrected chi connectivity index (χ4v) is 2.88. The van der Waals surface area contributed by atoms with Crippen molar-refractivity contribution in [2.24, 2.45) is 4.99 Å². The molecule has 9 heteroatoms. The van der Waals surface area contributed by atoms with Crippen LogP contribution in [0.3, 0.4) is 0 Å². The summed E-state index contributed by atoms with van der Waals surface area (Å²) >= 11 is 1.85. The van der Waals surface area contributed by atoms with Gasteiger partial charge in [0.05, 0.1) is 0 Å². The topological polar surface area (TPSA) is 80.0 Å². The highest BCUT2D eigenvalue weighted by Crippen LogP contribution is 1.97. The van der Waals surface area contributed by atoms with Gasteiger partial charge in [-0.15, -0.1) is 34.2 Å². The maximum absolute atomic E-state index is 4.67. The molecule has 0 aliphatic carbocycles.